The van der Waals surface area contributed by atoms with Crippen molar-refractivity contribution in [2.75, 3.05) is 0 Å². The van der Waals surface area contributed by atoms with Gasteiger partial charge in [-0.3, -0.25) is 0 Å². The van der Waals surface area contributed by atoms with Gasteiger partial charge in [0.25, 0.3) is 0 Å². The molecule has 0 atom stereocenters. The van der Waals surface area contributed by atoms with Crippen LogP contribution in [0.5, 0.6) is 0 Å². The van der Waals surface area contributed by atoms with Crippen LogP contribution >= 0.6 is 23.8 Å². The van der Waals surface area contributed by atoms with E-state index in [0.29, 0.717) is 15.6 Å². The lowest BCUT2D eigenvalue weighted by atomic mass is 10.1. The maximum absolute atomic E-state index is 6.25. The Labute approximate surface area is 150 Å². The van der Waals surface area contributed by atoms with Crippen LogP contribution in [0.4, 0.5) is 0 Å². The molecule has 6 heteroatoms. The number of allylic oxidation sites excluding steroid dienone is 1. The van der Waals surface area contributed by atoms with Gasteiger partial charge in [-0.25, -0.2) is 5.10 Å². The van der Waals surface area contributed by atoms with Crippen molar-refractivity contribution >= 4 is 36.1 Å². The van der Waals surface area contributed by atoms with Crippen molar-refractivity contribution in [3.05, 3.63) is 75.5 Å². The van der Waals surface area contributed by atoms with Crippen LogP contribution in [-0.4, -0.2) is 21.1 Å². The molecule has 120 valence electrons. The van der Waals surface area contributed by atoms with Gasteiger partial charge < -0.3 is 0 Å². The number of halogens is 1. The second kappa shape index (κ2) is 7.38. The minimum absolute atomic E-state index is 0.411. The van der Waals surface area contributed by atoms with E-state index in [1.54, 1.807) is 10.9 Å². The number of nitrogens with one attached hydrogen (secondary N) is 1. The predicted octanol–water partition coefficient (Wildman–Crippen LogP) is 5.03. The second-order valence-corrected chi connectivity index (χ2v) is 5.99. The van der Waals surface area contributed by atoms with Crippen molar-refractivity contribution < 1.29 is 0 Å². The quantitative estimate of drug-likeness (QED) is 0.527. The zero-order valence-corrected chi connectivity index (χ0v) is 14.6. The summed E-state index contributed by atoms with van der Waals surface area (Å²) in [6.45, 7) is 2.02. The van der Waals surface area contributed by atoms with Crippen LogP contribution in [0, 0.1) is 11.7 Å². The Kier molecular flexibility index (Phi) is 5.03. The van der Waals surface area contributed by atoms with Crippen LogP contribution in [0.15, 0.2) is 64.7 Å². The van der Waals surface area contributed by atoms with Gasteiger partial charge in [-0.15, -0.1) is 0 Å². The first-order valence-electron chi connectivity index (χ1n) is 7.35. The second-order valence-electron chi connectivity index (χ2n) is 5.16. The van der Waals surface area contributed by atoms with E-state index in [1.807, 2.05) is 67.6 Å². The summed E-state index contributed by atoms with van der Waals surface area (Å²) >= 11 is 11.5. The molecule has 1 N–H and O–H groups in total. The first kappa shape index (κ1) is 16.4. The van der Waals surface area contributed by atoms with Gasteiger partial charge in [-0.1, -0.05) is 66.2 Å². The van der Waals surface area contributed by atoms with Gasteiger partial charge in [0.1, 0.15) is 0 Å². The lowest BCUT2D eigenvalue weighted by Gasteiger charge is -2.04. The molecular weight excluding hydrogens is 340 g/mol. The Morgan fingerprint density at radius 1 is 1.17 bits per heavy atom. The molecule has 0 radical (unpaired) electrons. The molecule has 0 aliphatic heterocycles. The van der Waals surface area contributed by atoms with E-state index >= 15 is 0 Å². The molecule has 2 aromatic carbocycles. The minimum atomic E-state index is 0.411. The molecule has 0 amide bonds. The first-order valence-corrected chi connectivity index (χ1v) is 8.14. The fourth-order valence-electron chi connectivity index (χ4n) is 2.26. The smallest absolute Gasteiger partial charge is 0.216 e. The van der Waals surface area contributed by atoms with Crippen LogP contribution in [-0.2, 0) is 0 Å². The number of aryl methyl sites for hydroxylation is 1. The summed E-state index contributed by atoms with van der Waals surface area (Å²) in [4.78, 5) is 0. The highest BCUT2D eigenvalue weighted by molar-refractivity contribution is 7.71. The summed E-state index contributed by atoms with van der Waals surface area (Å²) in [5.41, 5.74) is 3.06. The number of hydrogen-bond donors (Lipinski definition) is 1. The Morgan fingerprint density at radius 2 is 1.88 bits per heavy atom. The molecule has 0 bridgehead atoms. The Bertz CT molecular complexity index is 954. The SMILES string of the molecule is Cc1ccccc1-c1n[nH]c(=S)n1/N=C\C(Cl)=C\c1ccccc1. The summed E-state index contributed by atoms with van der Waals surface area (Å²) < 4.78 is 1.98. The van der Waals surface area contributed by atoms with E-state index in [4.69, 9.17) is 23.8 Å². The number of benzene rings is 2. The van der Waals surface area contributed by atoms with Crippen LogP contribution in [0.1, 0.15) is 11.1 Å². The number of H-pyrrole nitrogens is 1. The van der Waals surface area contributed by atoms with Gasteiger partial charge in [-0.05, 0) is 36.3 Å². The highest BCUT2D eigenvalue weighted by atomic mass is 35.5. The summed E-state index contributed by atoms with van der Waals surface area (Å²) in [5, 5.41) is 11.9. The molecule has 0 aliphatic rings. The van der Waals surface area contributed by atoms with Gasteiger partial charge in [0.15, 0.2) is 5.82 Å². The highest BCUT2D eigenvalue weighted by Crippen LogP contribution is 2.21. The zero-order chi connectivity index (χ0) is 16.9. The van der Waals surface area contributed by atoms with Crippen LogP contribution < -0.4 is 0 Å². The van der Waals surface area contributed by atoms with Gasteiger partial charge in [-0.2, -0.15) is 14.9 Å². The molecule has 1 aromatic heterocycles. The fraction of sp³-hybridized carbons (Fsp3) is 0.0556. The van der Waals surface area contributed by atoms with Crippen molar-refractivity contribution in [2.45, 2.75) is 6.92 Å². The Balaban J connectivity index is 1.94. The highest BCUT2D eigenvalue weighted by Gasteiger charge is 2.09. The average molecular weight is 355 g/mol. The third-order valence-corrected chi connectivity index (χ3v) is 3.91. The number of hydrogen-bond acceptors (Lipinski definition) is 3. The summed E-state index contributed by atoms with van der Waals surface area (Å²) in [6, 6.07) is 17.7. The first-order chi connectivity index (χ1) is 11.6. The van der Waals surface area contributed by atoms with E-state index < -0.39 is 0 Å². The van der Waals surface area contributed by atoms with Gasteiger partial charge in [0, 0.05) is 5.56 Å². The summed E-state index contributed by atoms with van der Waals surface area (Å²) in [5.74, 6) is 0.651. The number of nitrogens with zero attached hydrogens (tertiary/aromatic N) is 3. The fourth-order valence-corrected chi connectivity index (χ4v) is 2.60. The van der Waals surface area contributed by atoms with Crippen LogP contribution in [0.3, 0.4) is 0 Å². The molecule has 3 rings (SSSR count). The molecule has 0 fully saturated rings. The van der Waals surface area contributed by atoms with E-state index in [2.05, 4.69) is 15.3 Å². The molecule has 0 aliphatic carbocycles. The minimum Gasteiger partial charge on any atom is -0.250 e. The predicted molar refractivity (Wildman–Crippen MR) is 102 cm³/mol. The normalized spacial score (nSPS) is 12.0. The summed E-state index contributed by atoms with van der Waals surface area (Å²) in [7, 11) is 0. The number of aromatic nitrogens is 3. The third-order valence-electron chi connectivity index (χ3n) is 3.44. The van der Waals surface area contributed by atoms with Gasteiger partial charge in [0.2, 0.25) is 4.77 Å². The maximum atomic E-state index is 6.25. The molecule has 4 nitrogen and oxygen atoms in total. The van der Waals surface area contributed by atoms with E-state index in [0.717, 1.165) is 16.7 Å². The van der Waals surface area contributed by atoms with E-state index in [-0.39, 0.29) is 0 Å². The number of rotatable bonds is 4. The molecule has 1 heterocycles. The number of aromatic amines is 1. The molecule has 0 saturated carbocycles. The maximum Gasteiger partial charge on any atom is 0.216 e. The monoisotopic (exact) mass is 354 g/mol. The van der Waals surface area contributed by atoms with Crippen molar-refractivity contribution in [3.8, 4) is 11.4 Å². The molecule has 24 heavy (non-hydrogen) atoms. The lowest BCUT2D eigenvalue weighted by molar-refractivity contribution is 0.871. The van der Waals surface area contributed by atoms with Crippen molar-refractivity contribution in [3.63, 3.8) is 0 Å². The van der Waals surface area contributed by atoms with E-state index in [9.17, 15) is 0 Å². The third kappa shape index (κ3) is 3.69. The van der Waals surface area contributed by atoms with Crippen LogP contribution in [0.25, 0.3) is 17.5 Å². The molecule has 0 saturated heterocycles. The van der Waals surface area contributed by atoms with Crippen molar-refractivity contribution in [1.82, 2.24) is 14.9 Å². The molecular formula is C18H15ClN4S. The Morgan fingerprint density at radius 3 is 2.62 bits per heavy atom. The Hall–Kier alpha value is -2.50. The lowest BCUT2D eigenvalue weighted by Crippen LogP contribution is -1.96. The van der Waals surface area contributed by atoms with E-state index in [1.165, 1.54) is 0 Å². The van der Waals surface area contributed by atoms with Gasteiger partial charge in [0.05, 0.1) is 11.2 Å². The zero-order valence-electron chi connectivity index (χ0n) is 13.0. The van der Waals surface area contributed by atoms with Gasteiger partial charge >= 0.3 is 0 Å². The standard InChI is InChI=1S/C18H15ClN4S/c1-13-7-5-6-10-16(13)17-21-22-18(24)23(17)20-12-15(19)11-14-8-3-2-4-9-14/h2-12H,1H3,(H,22,24)/b15-11-,20-12-. The average Bonchev–Trinajstić information content (AvgIpc) is 2.95. The topological polar surface area (TPSA) is 46.0 Å². The molecule has 3 aromatic rings. The van der Waals surface area contributed by atoms with Crippen molar-refractivity contribution in [1.29, 1.82) is 0 Å². The summed E-state index contributed by atoms with van der Waals surface area (Å²) in [6.07, 6.45) is 3.39. The molecule has 0 spiro atoms. The largest absolute Gasteiger partial charge is 0.250 e. The van der Waals surface area contributed by atoms with Crippen LogP contribution in [0.2, 0.25) is 0 Å². The molecule has 0 unspecified atom stereocenters. The van der Waals surface area contributed by atoms with Crippen molar-refractivity contribution in [2.24, 2.45) is 5.10 Å².